The number of nitrogens with zero attached hydrogens (tertiary/aromatic N) is 2. The van der Waals surface area contributed by atoms with Gasteiger partial charge < -0.3 is 10.2 Å². The Morgan fingerprint density at radius 2 is 1.08 bits per heavy atom. The Morgan fingerprint density at radius 3 is 1.42 bits per heavy atom. The summed E-state index contributed by atoms with van der Waals surface area (Å²) in [6, 6.07) is 14.9. The Hall–Kier alpha value is -2.84. The normalized spacial score (nSPS) is 10.5. The third-order valence-corrected chi connectivity index (χ3v) is 5.14. The fraction of sp³-hybridized carbons (Fsp3) is 0. The first kappa shape index (κ1) is 18.0. The van der Waals surface area contributed by atoms with E-state index in [1.165, 1.54) is 29.9 Å². The van der Waals surface area contributed by atoms with E-state index in [9.17, 15) is 9.59 Å². The lowest BCUT2D eigenvalue weighted by Crippen LogP contribution is -1.95. The third-order valence-electron chi connectivity index (χ3n) is 3.26. The maximum atomic E-state index is 10.9. The Labute approximate surface area is 157 Å². The maximum Gasteiger partial charge on any atom is 0.335 e. The summed E-state index contributed by atoms with van der Waals surface area (Å²) in [5.74, 6) is -1.92. The molecule has 0 bridgehead atoms. The molecule has 1 aromatic heterocycles. The summed E-state index contributed by atoms with van der Waals surface area (Å²) < 4.78 is 0. The van der Waals surface area contributed by atoms with Gasteiger partial charge in [0.1, 0.15) is 16.4 Å². The molecule has 0 radical (unpaired) electrons. The van der Waals surface area contributed by atoms with Crippen molar-refractivity contribution < 1.29 is 19.8 Å². The molecule has 0 unspecified atom stereocenters. The minimum atomic E-state index is -0.962. The van der Waals surface area contributed by atoms with Crippen LogP contribution in [0.5, 0.6) is 0 Å². The molecule has 8 heteroatoms. The van der Waals surface area contributed by atoms with Crippen molar-refractivity contribution in [3.8, 4) is 0 Å². The van der Waals surface area contributed by atoms with Gasteiger partial charge in [0.25, 0.3) is 0 Å². The molecular formula is C18H12N2O4S2. The molecule has 0 spiro atoms. The summed E-state index contributed by atoms with van der Waals surface area (Å²) in [7, 11) is 0. The van der Waals surface area contributed by atoms with E-state index >= 15 is 0 Å². The number of carbonyl (C=O) groups is 2. The van der Waals surface area contributed by atoms with Crippen molar-refractivity contribution in [3.05, 3.63) is 72.1 Å². The van der Waals surface area contributed by atoms with Gasteiger partial charge >= 0.3 is 11.9 Å². The Balaban J connectivity index is 1.71. The smallest absolute Gasteiger partial charge is 0.335 e. The average molecular weight is 384 g/mol. The van der Waals surface area contributed by atoms with Crippen LogP contribution in [0.1, 0.15) is 20.7 Å². The van der Waals surface area contributed by atoms with Gasteiger partial charge in [-0.3, -0.25) is 0 Å². The zero-order valence-corrected chi connectivity index (χ0v) is 14.8. The predicted octanol–water partition coefficient (Wildman–Crippen LogP) is 4.18. The van der Waals surface area contributed by atoms with Crippen molar-refractivity contribution in [2.75, 3.05) is 0 Å². The lowest BCUT2D eigenvalue weighted by atomic mass is 10.2. The first-order chi connectivity index (χ1) is 12.5. The largest absolute Gasteiger partial charge is 0.478 e. The predicted molar refractivity (Wildman–Crippen MR) is 97.1 cm³/mol. The van der Waals surface area contributed by atoms with Crippen molar-refractivity contribution >= 4 is 35.5 Å². The van der Waals surface area contributed by atoms with Gasteiger partial charge in [0.15, 0.2) is 0 Å². The van der Waals surface area contributed by atoms with Crippen LogP contribution in [-0.4, -0.2) is 32.1 Å². The molecule has 0 saturated carbocycles. The van der Waals surface area contributed by atoms with Crippen molar-refractivity contribution in [3.63, 3.8) is 0 Å². The highest BCUT2D eigenvalue weighted by Gasteiger charge is 2.07. The van der Waals surface area contributed by atoms with E-state index in [0.717, 1.165) is 19.8 Å². The molecule has 1 heterocycles. The van der Waals surface area contributed by atoms with Crippen LogP contribution in [0.15, 0.2) is 80.8 Å². The van der Waals surface area contributed by atoms with Gasteiger partial charge in [-0.05, 0) is 48.5 Å². The van der Waals surface area contributed by atoms with Crippen LogP contribution in [0, 0.1) is 0 Å². The zero-order chi connectivity index (χ0) is 18.5. The molecule has 0 saturated heterocycles. The molecule has 0 aliphatic carbocycles. The lowest BCUT2D eigenvalue weighted by molar-refractivity contribution is 0.0686. The molecule has 2 aromatic carbocycles. The minimum absolute atomic E-state index is 0.234. The monoisotopic (exact) mass is 384 g/mol. The van der Waals surface area contributed by atoms with Crippen LogP contribution < -0.4 is 0 Å². The summed E-state index contributed by atoms with van der Waals surface area (Å²) in [5, 5.41) is 19.3. The first-order valence-electron chi connectivity index (χ1n) is 7.36. The van der Waals surface area contributed by atoms with Crippen LogP contribution in [-0.2, 0) is 0 Å². The van der Waals surface area contributed by atoms with E-state index in [1.54, 1.807) is 48.5 Å². The standard InChI is InChI=1S/C18H12N2O4S2/c21-17(22)11-1-5-13(6-2-11)25-15-9-16(20-10-19-15)26-14-7-3-12(4-8-14)18(23)24/h1-10H,(H,21,22)(H,23,24). The number of hydrogen-bond donors (Lipinski definition) is 2. The van der Waals surface area contributed by atoms with Crippen LogP contribution in [0.2, 0.25) is 0 Å². The van der Waals surface area contributed by atoms with Crippen molar-refractivity contribution in [1.29, 1.82) is 0 Å². The molecule has 6 nitrogen and oxygen atoms in total. The molecule has 130 valence electrons. The number of aromatic nitrogens is 2. The third kappa shape index (κ3) is 4.62. The second-order valence-electron chi connectivity index (χ2n) is 5.06. The highest BCUT2D eigenvalue weighted by molar-refractivity contribution is 8.00. The number of rotatable bonds is 6. The Kier molecular flexibility index (Phi) is 5.55. The first-order valence-corrected chi connectivity index (χ1v) is 8.99. The fourth-order valence-corrected chi connectivity index (χ4v) is 3.65. The van der Waals surface area contributed by atoms with E-state index in [-0.39, 0.29) is 11.1 Å². The van der Waals surface area contributed by atoms with Gasteiger partial charge in [0.2, 0.25) is 0 Å². The molecule has 0 amide bonds. The molecule has 0 atom stereocenters. The van der Waals surface area contributed by atoms with Crippen LogP contribution >= 0.6 is 23.5 Å². The molecule has 0 aliphatic heterocycles. The number of hydrogen-bond acceptors (Lipinski definition) is 6. The van der Waals surface area contributed by atoms with Gasteiger partial charge in [0, 0.05) is 15.9 Å². The fourth-order valence-electron chi connectivity index (χ4n) is 2.01. The molecule has 0 fully saturated rings. The summed E-state index contributed by atoms with van der Waals surface area (Å²) >= 11 is 2.81. The van der Waals surface area contributed by atoms with E-state index in [2.05, 4.69) is 9.97 Å². The van der Waals surface area contributed by atoms with E-state index < -0.39 is 11.9 Å². The molecule has 2 N–H and O–H groups in total. The zero-order valence-electron chi connectivity index (χ0n) is 13.2. The molecule has 26 heavy (non-hydrogen) atoms. The van der Waals surface area contributed by atoms with E-state index in [0.29, 0.717) is 0 Å². The van der Waals surface area contributed by atoms with Crippen LogP contribution in [0.3, 0.4) is 0 Å². The van der Waals surface area contributed by atoms with Crippen molar-refractivity contribution in [2.24, 2.45) is 0 Å². The van der Waals surface area contributed by atoms with Crippen molar-refractivity contribution in [2.45, 2.75) is 19.8 Å². The van der Waals surface area contributed by atoms with Crippen LogP contribution in [0.4, 0.5) is 0 Å². The summed E-state index contributed by atoms with van der Waals surface area (Å²) in [6.07, 6.45) is 1.46. The average Bonchev–Trinajstić information content (AvgIpc) is 2.63. The summed E-state index contributed by atoms with van der Waals surface area (Å²) in [6.45, 7) is 0. The van der Waals surface area contributed by atoms with Gasteiger partial charge in [-0.2, -0.15) is 0 Å². The molecule has 0 aliphatic rings. The Bertz CT molecular complexity index is 869. The SMILES string of the molecule is O=C(O)c1ccc(Sc2cc(Sc3ccc(C(=O)O)cc3)ncn2)cc1. The van der Waals surface area contributed by atoms with Gasteiger partial charge in [0.05, 0.1) is 11.1 Å². The topological polar surface area (TPSA) is 100 Å². The lowest BCUT2D eigenvalue weighted by Gasteiger charge is -2.04. The summed E-state index contributed by atoms with van der Waals surface area (Å²) in [5.41, 5.74) is 0.469. The quantitative estimate of drug-likeness (QED) is 0.611. The molecule has 3 rings (SSSR count). The highest BCUT2D eigenvalue weighted by atomic mass is 32.2. The number of carboxylic acids is 2. The number of benzene rings is 2. The summed E-state index contributed by atoms with van der Waals surface area (Å²) in [4.78, 5) is 31.9. The van der Waals surface area contributed by atoms with E-state index in [1.807, 2.05) is 6.07 Å². The van der Waals surface area contributed by atoms with Gasteiger partial charge in [-0.1, -0.05) is 23.5 Å². The second kappa shape index (κ2) is 8.03. The second-order valence-corrected chi connectivity index (χ2v) is 7.25. The van der Waals surface area contributed by atoms with Crippen molar-refractivity contribution in [1.82, 2.24) is 9.97 Å². The van der Waals surface area contributed by atoms with Gasteiger partial charge in [-0.15, -0.1) is 0 Å². The number of carboxylic acid groups (broad SMARTS) is 2. The molecule has 3 aromatic rings. The van der Waals surface area contributed by atoms with Crippen LogP contribution in [0.25, 0.3) is 0 Å². The minimum Gasteiger partial charge on any atom is -0.478 e. The molecular weight excluding hydrogens is 372 g/mol. The maximum absolute atomic E-state index is 10.9. The number of aromatic carboxylic acids is 2. The Morgan fingerprint density at radius 1 is 0.692 bits per heavy atom. The van der Waals surface area contributed by atoms with E-state index in [4.69, 9.17) is 10.2 Å². The highest BCUT2D eigenvalue weighted by Crippen LogP contribution is 2.31. The van der Waals surface area contributed by atoms with Gasteiger partial charge in [-0.25, -0.2) is 19.6 Å².